The molecule has 148 valence electrons. The molecular weight excluding hydrogens is 377 g/mol. The maximum Gasteiger partial charge on any atom is 0.392 e. The maximum absolute atomic E-state index is 12.1. The molecule has 0 aliphatic carbocycles. The minimum absolute atomic E-state index is 0.118. The topological polar surface area (TPSA) is 79.1 Å². The van der Waals surface area contributed by atoms with E-state index in [4.69, 9.17) is 9.47 Å². The Balaban J connectivity index is 1.69. The van der Waals surface area contributed by atoms with Crippen molar-refractivity contribution in [3.05, 3.63) is 48.0 Å². The van der Waals surface area contributed by atoms with E-state index in [9.17, 15) is 18.0 Å². The van der Waals surface area contributed by atoms with Gasteiger partial charge in [-0.3, -0.25) is 4.68 Å². The summed E-state index contributed by atoms with van der Waals surface area (Å²) in [5.74, 6) is -0.401. The summed E-state index contributed by atoms with van der Waals surface area (Å²) in [7, 11) is 0. The van der Waals surface area contributed by atoms with Gasteiger partial charge in [0.15, 0.2) is 5.69 Å². The molecular formula is C18H17F3N4O3. The average molecular weight is 394 g/mol. The SMILES string of the molecule is CCOC(=O)c1nccc2nn(Cc3ccc(OCCC(F)(F)F)nc3)cc12. The number of halogens is 3. The zero-order valence-corrected chi connectivity index (χ0v) is 14.9. The maximum atomic E-state index is 12.1. The largest absolute Gasteiger partial charge is 0.477 e. The summed E-state index contributed by atoms with van der Waals surface area (Å²) in [5.41, 5.74) is 1.55. The molecule has 0 unspecified atom stereocenters. The Bertz CT molecular complexity index is 955. The van der Waals surface area contributed by atoms with Crippen LogP contribution in [-0.2, 0) is 11.3 Å². The predicted octanol–water partition coefficient (Wildman–Crippen LogP) is 3.38. The van der Waals surface area contributed by atoms with Gasteiger partial charge in [0.25, 0.3) is 0 Å². The second-order valence-electron chi connectivity index (χ2n) is 5.86. The highest BCUT2D eigenvalue weighted by Crippen LogP contribution is 2.20. The first kappa shape index (κ1) is 19.6. The van der Waals surface area contributed by atoms with E-state index in [-0.39, 0.29) is 18.2 Å². The van der Waals surface area contributed by atoms with Crippen molar-refractivity contribution >= 4 is 16.9 Å². The molecule has 7 nitrogen and oxygen atoms in total. The van der Waals surface area contributed by atoms with Crippen LogP contribution in [0.4, 0.5) is 13.2 Å². The van der Waals surface area contributed by atoms with Gasteiger partial charge in [-0.2, -0.15) is 18.3 Å². The Morgan fingerprint density at radius 2 is 2.04 bits per heavy atom. The number of aromatic nitrogens is 4. The number of rotatable bonds is 7. The smallest absolute Gasteiger partial charge is 0.392 e. The number of fused-ring (bicyclic) bond motifs is 1. The molecule has 0 aliphatic rings. The van der Waals surface area contributed by atoms with E-state index in [1.54, 1.807) is 29.9 Å². The fraction of sp³-hybridized carbons (Fsp3) is 0.333. The van der Waals surface area contributed by atoms with E-state index in [0.29, 0.717) is 17.4 Å². The Morgan fingerprint density at radius 3 is 2.71 bits per heavy atom. The lowest BCUT2D eigenvalue weighted by molar-refractivity contribution is -0.139. The van der Waals surface area contributed by atoms with Crippen LogP contribution in [0.1, 0.15) is 29.4 Å². The molecule has 0 spiro atoms. The Hall–Kier alpha value is -3.17. The van der Waals surface area contributed by atoms with E-state index in [0.717, 1.165) is 5.56 Å². The molecule has 0 saturated heterocycles. The van der Waals surface area contributed by atoms with Crippen molar-refractivity contribution in [2.24, 2.45) is 0 Å². The number of carbonyl (C=O) groups is 1. The van der Waals surface area contributed by atoms with Gasteiger partial charge in [-0.1, -0.05) is 6.07 Å². The van der Waals surface area contributed by atoms with Crippen LogP contribution in [0.15, 0.2) is 36.8 Å². The first-order chi connectivity index (χ1) is 13.4. The average Bonchev–Trinajstić information content (AvgIpc) is 3.04. The van der Waals surface area contributed by atoms with Gasteiger partial charge in [0.05, 0.1) is 37.1 Å². The van der Waals surface area contributed by atoms with Crippen molar-refractivity contribution in [1.29, 1.82) is 0 Å². The van der Waals surface area contributed by atoms with Gasteiger partial charge in [0, 0.05) is 24.7 Å². The number of alkyl halides is 3. The fourth-order valence-corrected chi connectivity index (χ4v) is 2.49. The molecule has 0 saturated carbocycles. The van der Waals surface area contributed by atoms with Crippen LogP contribution < -0.4 is 4.74 Å². The molecule has 0 aromatic carbocycles. The van der Waals surface area contributed by atoms with E-state index in [1.807, 2.05) is 0 Å². The van der Waals surface area contributed by atoms with Crippen molar-refractivity contribution in [3.8, 4) is 5.88 Å². The van der Waals surface area contributed by atoms with Crippen LogP contribution in [0.25, 0.3) is 10.9 Å². The fourth-order valence-electron chi connectivity index (χ4n) is 2.49. The lowest BCUT2D eigenvalue weighted by Crippen LogP contribution is -2.13. The molecule has 0 amide bonds. The highest BCUT2D eigenvalue weighted by Gasteiger charge is 2.26. The zero-order chi connectivity index (χ0) is 20.1. The normalized spacial score (nSPS) is 11.6. The van der Waals surface area contributed by atoms with E-state index in [1.165, 1.54) is 18.5 Å². The zero-order valence-electron chi connectivity index (χ0n) is 14.9. The highest BCUT2D eigenvalue weighted by molar-refractivity contribution is 6.01. The van der Waals surface area contributed by atoms with Gasteiger partial charge in [0.1, 0.15) is 0 Å². The molecule has 0 aliphatic heterocycles. The van der Waals surface area contributed by atoms with Crippen molar-refractivity contribution < 1.29 is 27.4 Å². The Morgan fingerprint density at radius 1 is 1.21 bits per heavy atom. The summed E-state index contributed by atoms with van der Waals surface area (Å²) < 4.78 is 48.0. The second-order valence-corrected chi connectivity index (χ2v) is 5.86. The number of pyridine rings is 2. The molecule has 0 N–H and O–H groups in total. The van der Waals surface area contributed by atoms with Crippen LogP contribution in [-0.4, -0.2) is 45.1 Å². The summed E-state index contributed by atoms with van der Waals surface area (Å²) in [6.45, 7) is 1.83. The number of esters is 1. The van der Waals surface area contributed by atoms with Gasteiger partial charge in [-0.05, 0) is 18.6 Å². The quantitative estimate of drug-likeness (QED) is 0.572. The van der Waals surface area contributed by atoms with E-state index >= 15 is 0 Å². The second kappa shape index (κ2) is 8.24. The van der Waals surface area contributed by atoms with Crippen molar-refractivity contribution in [3.63, 3.8) is 0 Å². The predicted molar refractivity (Wildman–Crippen MR) is 93.0 cm³/mol. The lowest BCUT2D eigenvalue weighted by atomic mass is 10.2. The number of hydrogen-bond acceptors (Lipinski definition) is 6. The molecule has 3 heterocycles. The third-order valence-corrected chi connectivity index (χ3v) is 3.73. The van der Waals surface area contributed by atoms with Gasteiger partial charge >= 0.3 is 12.1 Å². The van der Waals surface area contributed by atoms with Gasteiger partial charge in [-0.25, -0.2) is 14.8 Å². The minimum atomic E-state index is -4.26. The number of ether oxygens (including phenoxy) is 2. The summed E-state index contributed by atoms with van der Waals surface area (Å²) in [5, 5.41) is 4.97. The molecule has 0 atom stereocenters. The van der Waals surface area contributed by atoms with Gasteiger partial charge in [0.2, 0.25) is 5.88 Å². The number of hydrogen-bond donors (Lipinski definition) is 0. The van der Waals surface area contributed by atoms with Crippen molar-refractivity contribution in [2.75, 3.05) is 13.2 Å². The molecule has 3 aromatic rings. The summed E-state index contributed by atoms with van der Waals surface area (Å²) >= 11 is 0. The molecule has 0 radical (unpaired) electrons. The van der Waals surface area contributed by atoms with E-state index < -0.39 is 25.2 Å². The van der Waals surface area contributed by atoms with Crippen LogP contribution in [0.5, 0.6) is 5.88 Å². The highest BCUT2D eigenvalue weighted by atomic mass is 19.4. The molecule has 0 fully saturated rings. The van der Waals surface area contributed by atoms with Crippen LogP contribution >= 0.6 is 0 Å². The molecule has 10 heteroatoms. The first-order valence-corrected chi connectivity index (χ1v) is 8.49. The van der Waals surface area contributed by atoms with Crippen LogP contribution in [0, 0.1) is 0 Å². The molecule has 3 aromatic heterocycles. The van der Waals surface area contributed by atoms with Crippen LogP contribution in [0.2, 0.25) is 0 Å². The summed E-state index contributed by atoms with van der Waals surface area (Å²) in [4.78, 5) is 20.1. The van der Waals surface area contributed by atoms with Crippen molar-refractivity contribution in [2.45, 2.75) is 26.1 Å². The Kier molecular flexibility index (Phi) is 5.76. The third kappa shape index (κ3) is 4.96. The Labute approximate surface area is 158 Å². The third-order valence-electron chi connectivity index (χ3n) is 3.73. The van der Waals surface area contributed by atoms with Gasteiger partial charge < -0.3 is 9.47 Å². The molecule has 0 bridgehead atoms. The minimum Gasteiger partial charge on any atom is -0.477 e. The lowest BCUT2D eigenvalue weighted by Gasteiger charge is -2.08. The monoisotopic (exact) mass is 394 g/mol. The molecule has 28 heavy (non-hydrogen) atoms. The van der Waals surface area contributed by atoms with Crippen LogP contribution in [0.3, 0.4) is 0 Å². The molecule has 3 rings (SSSR count). The first-order valence-electron chi connectivity index (χ1n) is 8.49. The van der Waals surface area contributed by atoms with Crippen molar-refractivity contribution in [1.82, 2.24) is 19.7 Å². The van der Waals surface area contributed by atoms with Gasteiger partial charge in [-0.15, -0.1) is 0 Å². The summed E-state index contributed by atoms with van der Waals surface area (Å²) in [6.07, 6.45) is -0.630. The summed E-state index contributed by atoms with van der Waals surface area (Å²) in [6, 6.07) is 4.87. The van der Waals surface area contributed by atoms with E-state index in [2.05, 4.69) is 15.1 Å². The number of nitrogens with zero attached hydrogens (tertiary/aromatic N) is 4. The number of carbonyl (C=O) groups excluding carboxylic acids is 1. The standard InChI is InChI=1S/C18H17F3N4O3/c1-2-27-17(26)16-13-11-25(24-14(13)5-7-22-16)10-12-3-4-15(23-9-12)28-8-6-18(19,20)21/h3-5,7,9,11H,2,6,8,10H2,1H3.